The zero-order valence-electron chi connectivity index (χ0n) is 12.0. The SMILES string of the molecule is CCCOc1ccc(NCc2cccn2CC)cc1Cl. The lowest BCUT2D eigenvalue weighted by atomic mass is 10.3. The summed E-state index contributed by atoms with van der Waals surface area (Å²) in [6.07, 6.45) is 3.07. The number of benzene rings is 1. The van der Waals surface area contributed by atoms with Gasteiger partial charge in [-0.1, -0.05) is 18.5 Å². The molecule has 2 rings (SSSR count). The van der Waals surface area contributed by atoms with Gasteiger partial charge < -0.3 is 14.6 Å². The summed E-state index contributed by atoms with van der Waals surface area (Å²) in [7, 11) is 0. The smallest absolute Gasteiger partial charge is 0.138 e. The van der Waals surface area contributed by atoms with Gasteiger partial charge in [-0.05, 0) is 43.7 Å². The van der Waals surface area contributed by atoms with Crippen LogP contribution in [0.5, 0.6) is 5.75 Å². The van der Waals surface area contributed by atoms with Crippen molar-refractivity contribution in [1.82, 2.24) is 4.57 Å². The summed E-state index contributed by atoms with van der Waals surface area (Å²) in [5.74, 6) is 0.746. The fourth-order valence-corrected chi connectivity index (χ4v) is 2.29. The van der Waals surface area contributed by atoms with E-state index in [1.54, 1.807) is 0 Å². The Hall–Kier alpha value is -1.61. The van der Waals surface area contributed by atoms with E-state index in [4.69, 9.17) is 16.3 Å². The zero-order chi connectivity index (χ0) is 14.4. The second-order valence-corrected chi connectivity index (χ2v) is 5.04. The summed E-state index contributed by atoms with van der Waals surface area (Å²) in [6, 6.07) is 10.0. The van der Waals surface area contributed by atoms with Gasteiger partial charge in [-0.3, -0.25) is 0 Å². The Morgan fingerprint density at radius 3 is 2.80 bits per heavy atom. The summed E-state index contributed by atoms with van der Waals surface area (Å²) in [5, 5.41) is 4.03. The molecule has 3 nitrogen and oxygen atoms in total. The van der Waals surface area contributed by atoms with Crippen molar-refractivity contribution in [1.29, 1.82) is 0 Å². The van der Waals surface area contributed by atoms with Crippen molar-refractivity contribution in [3.8, 4) is 5.75 Å². The van der Waals surface area contributed by atoms with Gasteiger partial charge in [0.25, 0.3) is 0 Å². The number of rotatable bonds is 7. The van der Waals surface area contributed by atoms with Crippen LogP contribution in [-0.2, 0) is 13.1 Å². The van der Waals surface area contributed by atoms with Crippen LogP contribution >= 0.6 is 11.6 Å². The number of halogens is 1. The van der Waals surface area contributed by atoms with Gasteiger partial charge in [0.05, 0.1) is 18.2 Å². The van der Waals surface area contributed by atoms with Crippen LogP contribution in [0.2, 0.25) is 5.02 Å². The molecule has 1 aromatic carbocycles. The van der Waals surface area contributed by atoms with Crippen LogP contribution in [0.1, 0.15) is 26.0 Å². The number of ether oxygens (including phenoxy) is 1. The second-order valence-electron chi connectivity index (χ2n) is 4.63. The molecule has 4 heteroatoms. The summed E-state index contributed by atoms with van der Waals surface area (Å²) in [5.41, 5.74) is 2.26. The highest BCUT2D eigenvalue weighted by Crippen LogP contribution is 2.28. The molecular formula is C16H21ClN2O. The molecule has 0 radical (unpaired) electrons. The third-order valence-corrected chi connectivity index (χ3v) is 3.43. The standard InChI is InChI=1S/C16H21ClN2O/c1-3-10-20-16-8-7-13(11-15(16)17)18-12-14-6-5-9-19(14)4-2/h5-9,11,18H,3-4,10,12H2,1-2H3. The molecule has 0 aliphatic carbocycles. The van der Waals surface area contributed by atoms with Crippen LogP contribution in [0.15, 0.2) is 36.5 Å². The van der Waals surface area contributed by atoms with Gasteiger partial charge in [0.2, 0.25) is 0 Å². The molecule has 0 aliphatic rings. The molecule has 2 aromatic rings. The van der Waals surface area contributed by atoms with Gasteiger partial charge in [0, 0.05) is 24.1 Å². The number of hydrogen-bond acceptors (Lipinski definition) is 2. The lowest BCUT2D eigenvalue weighted by Gasteiger charge is -2.11. The topological polar surface area (TPSA) is 26.2 Å². The Morgan fingerprint density at radius 1 is 1.25 bits per heavy atom. The van der Waals surface area contributed by atoms with Crippen LogP contribution in [-0.4, -0.2) is 11.2 Å². The molecule has 0 spiro atoms. The summed E-state index contributed by atoms with van der Waals surface area (Å²) in [4.78, 5) is 0. The molecule has 1 N–H and O–H groups in total. The van der Waals surface area contributed by atoms with Crippen molar-refractivity contribution in [3.05, 3.63) is 47.2 Å². The maximum atomic E-state index is 6.21. The Morgan fingerprint density at radius 2 is 2.10 bits per heavy atom. The fraction of sp³-hybridized carbons (Fsp3) is 0.375. The van der Waals surface area contributed by atoms with Crippen molar-refractivity contribution < 1.29 is 4.74 Å². The van der Waals surface area contributed by atoms with Gasteiger partial charge in [0.15, 0.2) is 0 Å². The number of anilines is 1. The van der Waals surface area contributed by atoms with Crippen LogP contribution in [0.3, 0.4) is 0 Å². The first-order chi connectivity index (χ1) is 9.74. The van der Waals surface area contributed by atoms with E-state index in [0.717, 1.165) is 30.9 Å². The summed E-state index contributed by atoms with van der Waals surface area (Å²) in [6.45, 7) is 6.67. The highest BCUT2D eigenvalue weighted by Gasteiger charge is 2.04. The van der Waals surface area contributed by atoms with Crippen molar-refractivity contribution in [3.63, 3.8) is 0 Å². The molecule has 0 saturated carbocycles. The Balaban J connectivity index is 1.98. The number of nitrogens with one attached hydrogen (secondary N) is 1. The maximum Gasteiger partial charge on any atom is 0.138 e. The van der Waals surface area contributed by atoms with Crippen molar-refractivity contribution in [2.75, 3.05) is 11.9 Å². The minimum Gasteiger partial charge on any atom is -0.492 e. The van der Waals surface area contributed by atoms with Crippen LogP contribution in [0.25, 0.3) is 0 Å². The van der Waals surface area contributed by atoms with E-state index in [2.05, 4.69) is 42.1 Å². The van der Waals surface area contributed by atoms with Crippen LogP contribution < -0.4 is 10.1 Å². The lowest BCUT2D eigenvalue weighted by Crippen LogP contribution is -2.06. The van der Waals surface area contributed by atoms with Crippen molar-refractivity contribution in [2.24, 2.45) is 0 Å². The van der Waals surface area contributed by atoms with Gasteiger partial charge in [-0.25, -0.2) is 0 Å². The minimum absolute atomic E-state index is 0.648. The van der Waals surface area contributed by atoms with E-state index in [1.165, 1.54) is 5.69 Å². The van der Waals surface area contributed by atoms with Crippen LogP contribution in [0, 0.1) is 0 Å². The molecule has 108 valence electrons. The van der Waals surface area contributed by atoms with Gasteiger partial charge in [0.1, 0.15) is 5.75 Å². The van der Waals surface area contributed by atoms with Gasteiger partial charge >= 0.3 is 0 Å². The fourth-order valence-electron chi connectivity index (χ4n) is 2.05. The molecule has 0 fully saturated rings. The molecule has 0 atom stereocenters. The first-order valence-electron chi connectivity index (χ1n) is 7.04. The van der Waals surface area contributed by atoms with E-state index in [9.17, 15) is 0 Å². The molecule has 0 amide bonds. The quantitative estimate of drug-likeness (QED) is 0.809. The number of nitrogens with zero attached hydrogens (tertiary/aromatic N) is 1. The first kappa shape index (κ1) is 14.8. The van der Waals surface area contributed by atoms with Crippen molar-refractivity contribution >= 4 is 17.3 Å². The number of hydrogen-bond donors (Lipinski definition) is 1. The average Bonchev–Trinajstić information content (AvgIpc) is 2.91. The Bertz CT molecular complexity index is 551. The van der Waals surface area contributed by atoms with E-state index in [-0.39, 0.29) is 0 Å². The molecule has 0 aliphatic heterocycles. The van der Waals surface area contributed by atoms with Gasteiger partial charge in [-0.15, -0.1) is 0 Å². The molecular weight excluding hydrogens is 272 g/mol. The van der Waals surface area contributed by atoms with Crippen molar-refractivity contribution in [2.45, 2.75) is 33.4 Å². The highest BCUT2D eigenvalue weighted by molar-refractivity contribution is 6.32. The third-order valence-electron chi connectivity index (χ3n) is 3.13. The maximum absolute atomic E-state index is 6.21. The largest absolute Gasteiger partial charge is 0.492 e. The summed E-state index contributed by atoms with van der Waals surface area (Å²) < 4.78 is 7.78. The molecule has 20 heavy (non-hydrogen) atoms. The van der Waals surface area contributed by atoms with E-state index in [0.29, 0.717) is 11.6 Å². The predicted octanol–water partition coefficient (Wildman–Crippen LogP) is 4.56. The number of aryl methyl sites for hydroxylation is 1. The second kappa shape index (κ2) is 7.25. The first-order valence-corrected chi connectivity index (χ1v) is 7.42. The van der Waals surface area contributed by atoms with Crippen LogP contribution in [0.4, 0.5) is 5.69 Å². The number of aromatic nitrogens is 1. The molecule has 1 aromatic heterocycles. The predicted molar refractivity (Wildman–Crippen MR) is 84.7 cm³/mol. The van der Waals surface area contributed by atoms with E-state index >= 15 is 0 Å². The molecule has 0 unspecified atom stereocenters. The van der Waals surface area contributed by atoms with E-state index < -0.39 is 0 Å². The average molecular weight is 293 g/mol. The molecule has 1 heterocycles. The third kappa shape index (κ3) is 3.70. The van der Waals surface area contributed by atoms with Gasteiger partial charge in [-0.2, -0.15) is 0 Å². The Kier molecular flexibility index (Phi) is 5.36. The highest BCUT2D eigenvalue weighted by atomic mass is 35.5. The monoisotopic (exact) mass is 292 g/mol. The normalized spacial score (nSPS) is 10.6. The van der Waals surface area contributed by atoms with E-state index in [1.807, 2.05) is 18.2 Å². The molecule has 0 saturated heterocycles. The lowest BCUT2D eigenvalue weighted by molar-refractivity contribution is 0.317. The minimum atomic E-state index is 0.648. The summed E-state index contributed by atoms with van der Waals surface area (Å²) >= 11 is 6.21. The zero-order valence-corrected chi connectivity index (χ0v) is 12.8. The Labute approximate surface area is 125 Å². The molecule has 0 bridgehead atoms.